The van der Waals surface area contributed by atoms with E-state index in [4.69, 9.17) is 4.42 Å². The number of H-pyrrole nitrogens is 1. The van der Waals surface area contributed by atoms with Gasteiger partial charge in [0.15, 0.2) is 0 Å². The van der Waals surface area contributed by atoms with Crippen molar-refractivity contribution in [2.24, 2.45) is 0 Å². The minimum Gasteiger partial charge on any atom is -0.427 e. The van der Waals surface area contributed by atoms with Gasteiger partial charge in [0.2, 0.25) is 5.56 Å². The first-order chi connectivity index (χ1) is 14.0. The van der Waals surface area contributed by atoms with Crippen LogP contribution in [0.3, 0.4) is 0 Å². The minimum atomic E-state index is -0.535. The summed E-state index contributed by atoms with van der Waals surface area (Å²) in [4.78, 5) is 41.6. The Kier molecular flexibility index (Phi) is 7.15. The lowest BCUT2D eigenvalue weighted by Crippen LogP contribution is -2.40. The third-order valence-corrected chi connectivity index (χ3v) is 6.13. The zero-order valence-corrected chi connectivity index (χ0v) is 17.9. The second kappa shape index (κ2) is 9.62. The molecule has 2 N–H and O–H groups in total. The van der Waals surface area contributed by atoms with E-state index in [1.165, 1.54) is 0 Å². The Balaban J connectivity index is 0.00000256. The molecule has 1 atom stereocenters. The van der Waals surface area contributed by atoms with E-state index in [0.717, 1.165) is 44.3 Å². The number of piperidine rings is 2. The van der Waals surface area contributed by atoms with Gasteiger partial charge in [-0.3, -0.25) is 9.59 Å². The quantitative estimate of drug-likeness (QED) is 0.775. The summed E-state index contributed by atoms with van der Waals surface area (Å²) in [6.07, 6.45) is 5.23. The highest BCUT2D eigenvalue weighted by molar-refractivity contribution is 5.95. The van der Waals surface area contributed by atoms with Crippen molar-refractivity contribution in [1.82, 2.24) is 15.2 Å². The Hall–Kier alpha value is -2.38. The largest absolute Gasteiger partial charge is 0.427 e. The molecule has 2 aromatic rings. The number of hydrogen-bond donors (Lipinski definition) is 2. The maximum atomic E-state index is 13.0. The molecule has 30 heavy (non-hydrogen) atoms. The summed E-state index contributed by atoms with van der Waals surface area (Å²) >= 11 is 0. The molecule has 1 unspecified atom stereocenters. The highest BCUT2D eigenvalue weighted by Crippen LogP contribution is 2.28. The fourth-order valence-corrected chi connectivity index (χ4v) is 4.48. The van der Waals surface area contributed by atoms with Gasteiger partial charge >= 0.3 is 5.63 Å². The lowest BCUT2D eigenvalue weighted by Gasteiger charge is -2.32. The molecule has 0 aromatic carbocycles. The highest BCUT2D eigenvalue weighted by Gasteiger charge is 2.29. The van der Waals surface area contributed by atoms with Gasteiger partial charge in [-0.1, -0.05) is 0 Å². The first-order valence-corrected chi connectivity index (χ1v) is 10.4. The summed E-state index contributed by atoms with van der Waals surface area (Å²) in [6, 6.07) is 5.40. The molecule has 1 amide bonds. The molecule has 0 radical (unpaired) electrons. The van der Waals surface area contributed by atoms with Crippen molar-refractivity contribution in [3.8, 4) is 0 Å². The van der Waals surface area contributed by atoms with Gasteiger partial charge in [0, 0.05) is 37.8 Å². The van der Waals surface area contributed by atoms with Crippen LogP contribution in [0.2, 0.25) is 0 Å². The smallest absolute Gasteiger partial charge is 0.349 e. The van der Waals surface area contributed by atoms with E-state index in [-0.39, 0.29) is 41.3 Å². The fourth-order valence-electron chi connectivity index (χ4n) is 4.48. The molecule has 0 spiro atoms. The summed E-state index contributed by atoms with van der Waals surface area (Å²) in [6.45, 7) is 4.72. The Labute approximate surface area is 181 Å². The number of aryl methyl sites for hydroxylation is 1. The van der Waals surface area contributed by atoms with Crippen molar-refractivity contribution >= 4 is 18.3 Å². The van der Waals surface area contributed by atoms with Crippen molar-refractivity contribution < 1.29 is 9.21 Å². The average Bonchev–Trinajstić information content (AvgIpc) is 2.74. The molecule has 8 heteroatoms. The zero-order chi connectivity index (χ0) is 20.4. The standard InChI is InChI=1S/C22H27N3O4.ClH/c1-14-11-18(17-3-2-7-23-13-17)29-22(28)20(14)21(27)25-9-5-15(6-10-25)16-4-8-24-19(26)12-16;/h4,8,11-12,15,17,23H,2-3,5-7,9-10,13H2,1H3,(H,24,26);1H. The van der Waals surface area contributed by atoms with E-state index in [1.54, 1.807) is 17.2 Å². The summed E-state index contributed by atoms with van der Waals surface area (Å²) in [5, 5.41) is 3.32. The minimum absolute atomic E-state index is 0. The van der Waals surface area contributed by atoms with Crippen LogP contribution >= 0.6 is 12.4 Å². The average molecular weight is 434 g/mol. The van der Waals surface area contributed by atoms with Crippen LogP contribution in [0, 0.1) is 6.92 Å². The molecule has 7 nitrogen and oxygen atoms in total. The monoisotopic (exact) mass is 433 g/mol. The third-order valence-electron chi connectivity index (χ3n) is 6.13. The normalized spacial score (nSPS) is 19.9. The van der Waals surface area contributed by atoms with Gasteiger partial charge in [-0.2, -0.15) is 0 Å². The number of rotatable bonds is 3. The maximum Gasteiger partial charge on any atom is 0.349 e. The summed E-state index contributed by atoms with van der Waals surface area (Å²) in [5.74, 6) is 0.849. The Morgan fingerprint density at radius 2 is 1.90 bits per heavy atom. The first kappa shape index (κ1) is 22.3. The summed E-state index contributed by atoms with van der Waals surface area (Å²) in [5.41, 5.74) is 1.19. The second-order valence-corrected chi connectivity index (χ2v) is 8.09. The van der Waals surface area contributed by atoms with E-state index >= 15 is 0 Å². The van der Waals surface area contributed by atoms with E-state index in [0.29, 0.717) is 24.4 Å². The van der Waals surface area contributed by atoms with Crippen molar-refractivity contribution in [3.63, 3.8) is 0 Å². The summed E-state index contributed by atoms with van der Waals surface area (Å²) < 4.78 is 5.56. The van der Waals surface area contributed by atoms with Crippen molar-refractivity contribution in [2.75, 3.05) is 26.2 Å². The lowest BCUT2D eigenvalue weighted by atomic mass is 9.89. The molecule has 2 saturated heterocycles. The SMILES string of the molecule is Cc1cc(C2CCCNC2)oc(=O)c1C(=O)N1CCC(c2cc[nH]c(=O)c2)CC1.Cl. The maximum absolute atomic E-state index is 13.0. The third kappa shape index (κ3) is 4.68. The van der Waals surface area contributed by atoms with Crippen LogP contribution < -0.4 is 16.5 Å². The molecule has 4 rings (SSSR count). The van der Waals surface area contributed by atoms with Crippen molar-refractivity contribution in [1.29, 1.82) is 0 Å². The molecule has 2 aliphatic heterocycles. The summed E-state index contributed by atoms with van der Waals surface area (Å²) in [7, 11) is 0. The molecule has 2 fully saturated rings. The van der Waals surface area contributed by atoms with Crippen LogP contribution in [0.5, 0.6) is 0 Å². The topological polar surface area (TPSA) is 95.4 Å². The number of amides is 1. The van der Waals surface area contributed by atoms with Crippen LogP contribution in [0.15, 0.2) is 38.4 Å². The van der Waals surface area contributed by atoms with Crippen molar-refractivity contribution in [2.45, 2.75) is 44.4 Å². The first-order valence-electron chi connectivity index (χ1n) is 10.4. The molecule has 2 aromatic heterocycles. The number of nitrogens with one attached hydrogen (secondary N) is 2. The number of carbonyl (C=O) groups is 1. The number of aromatic nitrogens is 1. The second-order valence-electron chi connectivity index (χ2n) is 8.09. The number of likely N-dealkylation sites (tertiary alicyclic amines) is 1. The van der Waals surface area contributed by atoms with Crippen LogP contribution in [0.1, 0.15) is 64.8 Å². The van der Waals surface area contributed by atoms with Gasteiger partial charge in [0.05, 0.1) is 0 Å². The number of aromatic amines is 1. The number of halogens is 1. The molecule has 4 heterocycles. The van der Waals surface area contributed by atoms with Crippen LogP contribution in [-0.2, 0) is 0 Å². The van der Waals surface area contributed by atoms with E-state index in [1.807, 2.05) is 19.1 Å². The Morgan fingerprint density at radius 1 is 1.13 bits per heavy atom. The van der Waals surface area contributed by atoms with Gasteiger partial charge in [-0.15, -0.1) is 12.4 Å². The zero-order valence-electron chi connectivity index (χ0n) is 17.1. The van der Waals surface area contributed by atoms with Gasteiger partial charge in [-0.05, 0) is 68.3 Å². The molecule has 0 bridgehead atoms. The van der Waals surface area contributed by atoms with Crippen LogP contribution in [0.25, 0.3) is 0 Å². The van der Waals surface area contributed by atoms with E-state index < -0.39 is 5.63 Å². The number of nitrogens with zero attached hydrogens (tertiary/aromatic N) is 1. The molecular weight excluding hydrogens is 406 g/mol. The predicted octanol–water partition coefficient (Wildman–Crippen LogP) is 2.55. The molecule has 2 aliphatic rings. The van der Waals surface area contributed by atoms with Crippen LogP contribution in [-0.4, -0.2) is 42.0 Å². The van der Waals surface area contributed by atoms with Gasteiger partial charge in [-0.25, -0.2) is 4.79 Å². The highest BCUT2D eigenvalue weighted by atomic mass is 35.5. The Bertz CT molecular complexity index is 1000. The predicted molar refractivity (Wildman–Crippen MR) is 117 cm³/mol. The number of carbonyl (C=O) groups excluding carboxylic acids is 1. The van der Waals surface area contributed by atoms with Crippen molar-refractivity contribution in [3.05, 3.63) is 67.6 Å². The molecule has 0 aliphatic carbocycles. The lowest BCUT2D eigenvalue weighted by molar-refractivity contribution is 0.0707. The van der Waals surface area contributed by atoms with Crippen LogP contribution in [0.4, 0.5) is 0 Å². The van der Waals surface area contributed by atoms with Gasteiger partial charge < -0.3 is 19.6 Å². The van der Waals surface area contributed by atoms with Gasteiger partial charge in [0.1, 0.15) is 11.3 Å². The number of pyridine rings is 1. The Morgan fingerprint density at radius 3 is 2.53 bits per heavy atom. The molecule has 162 valence electrons. The van der Waals surface area contributed by atoms with E-state index in [9.17, 15) is 14.4 Å². The molecular formula is C22H28ClN3O4. The van der Waals surface area contributed by atoms with Gasteiger partial charge in [0.25, 0.3) is 5.91 Å². The molecule has 0 saturated carbocycles. The van der Waals surface area contributed by atoms with E-state index in [2.05, 4.69) is 10.3 Å². The fraction of sp³-hybridized carbons (Fsp3) is 0.500. The number of hydrogen-bond acceptors (Lipinski definition) is 5.